The molecule has 0 aliphatic carbocycles. The Bertz CT molecular complexity index is 1020. The van der Waals surface area contributed by atoms with E-state index in [9.17, 15) is 14.4 Å². The minimum atomic E-state index is -0.764. The average Bonchev–Trinajstić information content (AvgIpc) is 3.28. The summed E-state index contributed by atoms with van der Waals surface area (Å²) in [7, 11) is 0. The zero-order valence-corrected chi connectivity index (χ0v) is 45.5. The van der Waals surface area contributed by atoms with Gasteiger partial charge in [-0.05, 0) is 37.0 Å². The van der Waals surface area contributed by atoms with Crippen LogP contribution in [-0.4, -0.2) is 37.2 Å². The lowest BCUT2D eigenvalue weighted by atomic mass is 10.0. The summed E-state index contributed by atoms with van der Waals surface area (Å²) >= 11 is 0. The van der Waals surface area contributed by atoms with Crippen molar-refractivity contribution < 1.29 is 28.6 Å². The molecule has 0 radical (unpaired) electrons. The van der Waals surface area contributed by atoms with Crippen LogP contribution < -0.4 is 0 Å². The lowest BCUT2D eigenvalue weighted by Gasteiger charge is -2.18. The number of hydrogen-bond donors (Lipinski definition) is 0. The molecule has 392 valence electrons. The van der Waals surface area contributed by atoms with E-state index in [0.29, 0.717) is 19.3 Å². The van der Waals surface area contributed by atoms with Gasteiger partial charge in [0, 0.05) is 19.3 Å². The molecule has 0 aliphatic heterocycles. The Morgan fingerprint density at radius 2 is 0.439 bits per heavy atom. The summed E-state index contributed by atoms with van der Waals surface area (Å²) in [6.07, 6.45) is 53.9. The van der Waals surface area contributed by atoms with Gasteiger partial charge in [-0.3, -0.25) is 14.4 Å². The van der Waals surface area contributed by atoms with Crippen LogP contribution in [0.4, 0.5) is 0 Å². The summed E-state index contributed by atoms with van der Waals surface area (Å²) in [5, 5.41) is 0. The van der Waals surface area contributed by atoms with Crippen molar-refractivity contribution in [1.82, 2.24) is 0 Å². The van der Waals surface area contributed by atoms with Crippen molar-refractivity contribution in [3.8, 4) is 0 Å². The van der Waals surface area contributed by atoms with Crippen LogP contribution in [0.2, 0.25) is 0 Å². The van der Waals surface area contributed by atoms with Crippen molar-refractivity contribution in [3.63, 3.8) is 0 Å². The second-order valence-electron chi connectivity index (χ2n) is 22.1. The van der Waals surface area contributed by atoms with Crippen molar-refractivity contribution in [1.29, 1.82) is 0 Å². The molecule has 1 atom stereocenters. The summed E-state index contributed by atoms with van der Waals surface area (Å²) in [6.45, 7) is 13.8. The standard InChI is InChI=1S/C60H116O6/c1-54(2)46-40-34-28-22-18-14-11-9-7-8-10-12-16-21-25-33-39-45-51-60(63)66-57(53-65-59(62)50-44-38-32-27-26-30-36-42-48-56(5)6)52-64-58(61)49-43-37-31-24-20-17-13-15-19-23-29-35-41-47-55(3)4/h54-57H,7-53H2,1-6H3/t57-/m0/s1. The highest BCUT2D eigenvalue weighted by atomic mass is 16.6. The van der Waals surface area contributed by atoms with Crippen LogP contribution in [-0.2, 0) is 28.6 Å². The normalized spacial score (nSPS) is 12.1. The maximum atomic E-state index is 12.9. The highest BCUT2D eigenvalue weighted by Gasteiger charge is 2.19. The Labute approximate surface area is 412 Å². The first-order valence-corrected chi connectivity index (χ1v) is 29.6. The molecule has 0 aromatic heterocycles. The van der Waals surface area contributed by atoms with E-state index in [0.717, 1.165) is 75.5 Å². The molecule has 0 saturated heterocycles. The van der Waals surface area contributed by atoms with Gasteiger partial charge < -0.3 is 14.2 Å². The van der Waals surface area contributed by atoms with Gasteiger partial charge in [-0.2, -0.15) is 0 Å². The van der Waals surface area contributed by atoms with E-state index in [1.54, 1.807) is 0 Å². The Kier molecular flexibility index (Phi) is 50.0. The zero-order chi connectivity index (χ0) is 48.4. The summed E-state index contributed by atoms with van der Waals surface area (Å²) in [6, 6.07) is 0. The predicted octanol–water partition coefficient (Wildman–Crippen LogP) is 19.5. The second kappa shape index (κ2) is 51.3. The number of carbonyl (C=O) groups is 3. The fourth-order valence-corrected chi connectivity index (χ4v) is 9.18. The van der Waals surface area contributed by atoms with Crippen molar-refractivity contribution >= 4 is 17.9 Å². The smallest absolute Gasteiger partial charge is 0.306 e. The van der Waals surface area contributed by atoms with E-state index in [1.807, 2.05) is 0 Å². The fraction of sp³-hybridized carbons (Fsp3) is 0.950. The summed E-state index contributed by atoms with van der Waals surface area (Å²) in [5.74, 6) is 1.65. The van der Waals surface area contributed by atoms with Gasteiger partial charge in [0.1, 0.15) is 13.2 Å². The molecule has 6 nitrogen and oxygen atoms in total. The lowest BCUT2D eigenvalue weighted by molar-refractivity contribution is -0.167. The van der Waals surface area contributed by atoms with Gasteiger partial charge in [0.2, 0.25) is 0 Å². The molecule has 0 heterocycles. The highest BCUT2D eigenvalue weighted by molar-refractivity contribution is 5.71. The van der Waals surface area contributed by atoms with Crippen LogP contribution in [0.3, 0.4) is 0 Å². The van der Waals surface area contributed by atoms with Gasteiger partial charge >= 0.3 is 17.9 Å². The fourth-order valence-electron chi connectivity index (χ4n) is 9.18. The van der Waals surface area contributed by atoms with E-state index in [-0.39, 0.29) is 31.1 Å². The molecule has 0 spiro atoms. The van der Waals surface area contributed by atoms with Crippen LogP contribution in [0.25, 0.3) is 0 Å². The first-order valence-electron chi connectivity index (χ1n) is 29.6. The van der Waals surface area contributed by atoms with Gasteiger partial charge in [-0.1, -0.05) is 292 Å². The monoisotopic (exact) mass is 933 g/mol. The molecular weight excluding hydrogens is 817 g/mol. The number of rotatable bonds is 53. The molecule has 0 amide bonds. The molecule has 0 aromatic carbocycles. The molecule has 66 heavy (non-hydrogen) atoms. The highest BCUT2D eigenvalue weighted by Crippen LogP contribution is 2.19. The third-order valence-corrected chi connectivity index (χ3v) is 13.6. The van der Waals surface area contributed by atoms with Crippen LogP contribution in [0.1, 0.15) is 330 Å². The zero-order valence-electron chi connectivity index (χ0n) is 45.5. The first kappa shape index (κ1) is 64.4. The summed E-state index contributed by atoms with van der Waals surface area (Å²) < 4.78 is 16.9. The topological polar surface area (TPSA) is 78.9 Å². The van der Waals surface area contributed by atoms with E-state index in [2.05, 4.69) is 41.5 Å². The van der Waals surface area contributed by atoms with Gasteiger partial charge in [0.15, 0.2) is 6.10 Å². The lowest BCUT2D eigenvalue weighted by Crippen LogP contribution is -2.30. The Morgan fingerprint density at radius 1 is 0.258 bits per heavy atom. The number of unbranched alkanes of at least 4 members (excludes halogenated alkanes) is 36. The quantitative estimate of drug-likeness (QED) is 0.0343. The van der Waals surface area contributed by atoms with E-state index < -0.39 is 6.10 Å². The molecular formula is C60H116O6. The summed E-state index contributed by atoms with van der Waals surface area (Å²) in [5.41, 5.74) is 0. The minimum Gasteiger partial charge on any atom is -0.462 e. The van der Waals surface area contributed by atoms with Crippen molar-refractivity contribution in [3.05, 3.63) is 0 Å². The SMILES string of the molecule is CC(C)CCCCCCCCCCCCCCCCCCCCC(=O)O[C@@H](COC(=O)CCCCCCCCCCCCCCCC(C)C)COC(=O)CCCCCCCCCCC(C)C. The van der Waals surface area contributed by atoms with Gasteiger partial charge in [-0.25, -0.2) is 0 Å². The first-order chi connectivity index (χ1) is 32.1. The Morgan fingerprint density at radius 3 is 0.652 bits per heavy atom. The largest absolute Gasteiger partial charge is 0.462 e. The third kappa shape index (κ3) is 53.4. The number of hydrogen-bond acceptors (Lipinski definition) is 6. The van der Waals surface area contributed by atoms with E-state index >= 15 is 0 Å². The van der Waals surface area contributed by atoms with Gasteiger partial charge in [0.25, 0.3) is 0 Å². The molecule has 0 aliphatic rings. The Hall–Kier alpha value is -1.59. The van der Waals surface area contributed by atoms with Gasteiger partial charge in [0.05, 0.1) is 0 Å². The van der Waals surface area contributed by atoms with Crippen molar-refractivity contribution in [2.24, 2.45) is 17.8 Å². The molecule has 0 saturated carbocycles. The third-order valence-electron chi connectivity index (χ3n) is 13.6. The predicted molar refractivity (Wildman–Crippen MR) is 284 cm³/mol. The Balaban J connectivity index is 4.24. The molecule has 0 rings (SSSR count). The second-order valence-corrected chi connectivity index (χ2v) is 22.1. The average molecular weight is 934 g/mol. The van der Waals surface area contributed by atoms with Crippen LogP contribution in [0.5, 0.6) is 0 Å². The van der Waals surface area contributed by atoms with Crippen LogP contribution in [0, 0.1) is 17.8 Å². The van der Waals surface area contributed by atoms with Crippen LogP contribution >= 0.6 is 0 Å². The number of carbonyl (C=O) groups excluding carboxylic acids is 3. The van der Waals surface area contributed by atoms with E-state index in [4.69, 9.17) is 14.2 Å². The molecule has 0 fully saturated rings. The molecule has 0 unspecified atom stereocenters. The van der Waals surface area contributed by atoms with Gasteiger partial charge in [-0.15, -0.1) is 0 Å². The summed E-state index contributed by atoms with van der Waals surface area (Å²) in [4.78, 5) is 38.1. The van der Waals surface area contributed by atoms with Crippen LogP contribution in [0.15, 0.2) is 0 Å². The minimum absolute atomic E-state index is 0.0637. The maximum absolute atomic E-state index is 12.9. The van der Waals surface area contributed by atoms with Crippen molar-refractivity contribution in [2.75, 3.05) is 13.2 Å². The molecule has 0 aromatic rings. The number of ether oxygens (including phenoxy) is 3. The molecule has 0 bridgehead atoms. The van der Waals surface area contributed by atoms with Crippen molar-refractivity contribution in [2.45, 2.75) is 337 Å². The number of esters is 3. The molecule has 0 N–H and O–H groups in total. The molecule has 6 heteroatoms. The van der Waals surface area contributed by atoms with E-state index in [1.165, 1.54) is 212 Å². The maximum Gasteiger partial charge on any atom is 0.306 e.